The maximum absolute atomic E-state index is 13.2. The number of hydrogen-bond donors (Lipinski definition) is 0. The molecule has 158 valence electrons. The van der Waals surface area contributed by atoms with Gasteiger partial charge in [0.2, 0.25) is 0 Å². The van der Waals surface area contributed by atoms with Crippen LogP contribution in [0.4, 0.5) is 10.1 Å². The SMILES string of the molecule is N#CCCN(C(=O)COC(=O)c1ccccc1SCc1ccco1)c1ccc(F)cc1. The third-order valence-corrected chi connectivity index (χ3v) is 5.37. The van der Waals surface area contributed by atoms with Crippen molar-refractivity contribution in [2.75, 3.05) is 18.1 Å². The summed E-state index contributed by atoms with van der Waals surface area (Å²) in [5, 5.41) is 8.86. The number of carbonyl (C=O) groups is 2. The number of hydrogen-bond acceptors (Lipinski definition) is 6. The highest BCUT2D eigenvalue weighted by Crippen LogP contribution is 2.27. The molecule has 0 unspecified atom stereocenters. The summed E-state index contributed by atoms with van der Waals surface area (Å²) in [5.41, 5.74) is 0.768. The lowest BCUT2D eigenvalue weighted by Crippen LogP contribution is -2.35. The third kappa shape index (κ3) is 6.20. The molecule has 2 aromatic carbocycles. The van der Waals surface area contributed by atoms with Gasteiger partial charge in [0.05, 0.1) is 30.1 Å². The van der Waals surface area contributed by atoms with E-state index in [4.69, 9.17) is 14.4 Å². The Labute approximate surface area is 183 Å². The standard InChI is InChI=1S/C23H19FN2O4S/c24-17-8-10-18(11-9-17)26(13-4-12-25)22(27)15-30-23(28)20-6-1-2-7-21(20)31-16-19-5-3-14-29-19/h1-3,5-11,14H,4,13,15-16H2. The van der Waals surface area contributed by atoms with Crippen LogP contribution in [-0.2, 0) is 15.3 Å². The Morgan fingerprint density at radius 2 is 1.87 bits per heavy atom. The van der Waals surface area contributed by atoms with Gasteiger partial charge in [-0.1, -0.05) is 12.1 Å². The number of ether oxygens (including phenoxy) is 1. The molecule has 1 heterocycles. The van der Waals surface area contributed by atoms with Crippen molar-refractivity contribution >= 4 is 29.3 Å². The molecule has 8 heteroatoms. The van der Waals surface area contributed by atoms with Crippen LogP contribution < -0.4 is 4.90 Å². The number of rotatable bonds is 9. The smallest absolute Gasteiger partial charge is 0.339 e. The first-order chi connectivity index (χ1) is 15.1. The van der Waals surface area contributed by atoms with Gasteiger partial charge in [-0.05, 0) is 48.5 Å². The van der Waals surface area contributed by atoms with Gasteiger partial charge in [0, 0.05) is 17.1 Å². The summed E-state index contributed by atoms with van der Waals surface area (Å²) >= 11 is 1.42. The van der Waals surface area contributed by atoms with Crippen molar-refractivity contribution in [1.82, 2.24) is 0 Å². The van der Waals surface area contributed by atoms with Crippen molar-refractivity contribution in [3.8, 4) is 6.07 Å². The van der Waals surface area contributed by atoms with Gasteiger partial charge in [-0.25, -0.2) is 9.18 Å². The van der Waals surface area contributed by atoms with Gasteiger partial charge in [0.15, 0.2) is 6.61 Å². The minimum atomic E-state index is -0.629. The van der Waals surface area contributed by atoms with Crippen LogP contribution in [0.5, 0.6) is 0 Å². The molecule has 0 spiro atoms. The maximum Gasteiger partial charge on any atom is 0.339 e. The summed E-state index contributed by atoms with van der Waals surface area (Å²) in [7, 11) is 0. The first kappa shape index (κ1) is 22.1. The highest BCUT2D eigenvalue weighted by molar-refractivity contribution is 7.98. The second-order valence-electron chi connectivity index (χ2n) is 6.37. The number of nitriles is 1. The molecule has 0 N–H and O–H groups in total. The van der Waals surface area contributed by atoms with Crippen molar-refractivity contribution in [2.24, 2.45) is 0 Å². The van der Waals surface area contributed by atoms with Gasteiger partial charge >= 0.3 is 5.97 Å². The van der Waals surface area contributed by atoms with Gasteiger partial charge in [0.1, 0.15) is 11.6 Å². The number of esters is 1. The molecule has 1 amide bonds. The van der Waals surface area contributed by atoms with Gasteiger partial charge in [-0.3, -0.25) is 4.79 Å². The highest BCUT2D eigenvalue weighted by atomic mass is 32.2. The lowest BCUT2D eigenvalue weighted by molar-refractivity contribution is -0.121. The van der Waals surface area contributed by atoms with Crippen LogP contribution in [0.15, 0.2) is 76.2 Å². The highest BCUT2D eigenvalue weighted by Gasteiger charge is 2.20. The van der Waals surface area contributed by atoms with Crippen LogP contribution in [0.3, 0.4) is 0 Å². The molecule has 0 aliphatic carbocycles. The van der Waals surface area contributed by atoms with Crippen molar-refractivity contribution in [2.45, 2.75) is 17.1 Å². The predicted octanol–water partition coefficient (Wildman–Crippen LogP) is 4.81. The first-order valence-electron chi connectivity index (χ1n) is 9.42. The van der Waals surface area contributed by atoms with Crippen molar-refractivity contribution in [1.29, 1.82) is 5.26 Å². The Morgan fingerprint density at radius 3 is 2.58 bits per heavy atom. The Morgan fingerprint density at radius 1 is 1.10 bits per heavy atom. The third-order valence-electron chi connectivity index (χ3n) is 4.27. The molecule has 0 saturated carbocycles. The fourth-order valence-electron chi connectivity index (χ4n) is 2.77. The van der Waals surface area contributed by atoms with Crippen LogP contribution in [0.2, 0.25) is 0 Å². The van der Waals surface area contributed by atoms with E-state index in [0.29, 0.717) is 21.9 Å². The van der Waals surface area contributed by atoms with Gasteiger partial charge in [-0.15, -0.1) is 11.8 Å². The van der Waals surface area contributed by atoms with E-state index in [9.17, 15) is 14.0 Å². The van der Waals surface area contributed by atoms with E-state index in [1.165, 1.54) is 40.9 Å². The van der Waals surface area contributed by atoms with E-state index >= 15 is 0 Å². The molecule has 31 heavy (non-hydrogen) atoms. The summed E-state index contributed by atoms with van der Waals surface area (Å²) in [5.74, 6) is -0.253. The zero-order valence-corrected chi connectivity index (χ0v) is 17.3. The number of amides is 1. The van der Waals surface area contributed by atoms with Crippen LogP contribution in [-0.4, -0.2) is 25.0 Å². The number of benzene rings is 2. The molecule has 0 aliphatic heterocycles. The zero-order valence-electron chi connectivity index (χ0n) is 16.5. The van der Waals surface area contributed by atoms with Crippen molar-refractivity contribution in [3.63, 3.8) is 0 Å². The van der Waals surface area contributed by atoms with Crippen molar-refractivity contribution in [3.05, 3.63) is 84.1 Å². The van der Waals surface area contributed by atoms with Crippen molar-refractivity contribution < 1.29 is 23.1 Å². The molecule has 3 aromatic rings. The minimum absolute atomic E-state index is 0.0866. The van der Waals surface area contributed by atoms with Gasteiger partial charge in [0.25, 0.3) is 5.91 Å². The monoisotopic (exact) mass is 438 g/mol. The summed E-state index contributed by atoms with van der Waals surface area (Å²) < 4.78 is 23.8. The lowest BCUT2D eigenvalue weighted by atomic mass is 10.2. The number of carbonyl (C=O) groups excluding carboxylic acids is 2. The average Bonchev–Trinajstić information content (AvgIpc) is 3.31. The minimum Gasteiger partial charge on any atom is -0.468 e. The molecular weight excluding hydrogens is 419 g/mol. The quantitative estimate of drug-likeness (QED) is 0.352. The molecule has 0 atom stereocenters. The summed E-state index contributed by atoms with van der Waals surface area (Å²) in [4.78, 5) is 27.3. The topological polar surface area (TPSA) is 83.5 Å². The second kappa shape index (κ2) is 11.0. The predicted molar refractivity (Wildman–Crippen MR) is 114 cm³/mol. The number of halogens is 1. The Hall–Kier alpha value is -3.57. The second-order valence-corrected chi connectivity index (χ2v) is 7.39. The van der Waals surface area contributed by atoms with Gasteiger partial charge in [-0.2, -0.15) is 5.26 Å². The normalized spacial score (nSPS) is 10.3. The van der Waals surface area contributed by atoms with Gasteiger partial charge < -0.3 is 14.1 Å². The molecule has 0 fully saturated rings. The first-order valence-corrected chi connectivity index (χ1v) is 10.4. The summed E-state index contributed by atoms with van der Waals surface area (Å²) in [6.45, 7) is -0.396. The van der Waals surface area contributed by atoms with E-state index in [0.717, 1.165) is 5.76 Å². The maximum atomic E-state index is 13.2. The molecule has 0 aliphatic rings. The van der Waals surface area contributed by atoms with E-state index in [1.54, 1.807) is 30.5 Å². The fraction of sp³-hybridized carbons (Fsp3) is 0.174. The molecule has 1 aromatic heterocycles. The van der Waals surface area contributed by atoms with Crippen LogP contribution in [0, 0.1) is 17.1 Å². The molecular formula is C23H19FN2O4S. The van der Waals surface area contributed by atoms with E-state index < -0.39 is 24.3 Å². The van der Waals surface area contributed by atoms with E-state index in [1.807, 2.05) is 18.2 Å². The molecule has 0 radical (unpaired) electrons. The molecule has 0 saturated heterocycles. The Balaban J connectivity index is 1.65. The molecule has 3 rings (SSSR count). The lowest BCUT2D eigenvalue weighted by Gasteiger charge is -2.21. The number of nitrogens with zero attached hydrogens (tertiary/aromatic N) is 2. The van der Waals surface area contributed by atoms with Crippen LogP contribution in [0.1, 0.15) is 22.5 Å². The van der Waals surface area contributed by atoms with Crippen LogP contribution >= 0.6 is 11.8 Å². The molecule has 6 nitrogen and oxygen atoms in total. The number of furan rings is 1. The Kier molecular flexibility index (Phi) is 7.85. The number of anilines is 1. The summed E-state index contributed by atoms with van der Waals surface area (Å²) in [6.07, 6.45) is 1.67. The van der Waals surface area contributed by atoms with Crippen LogP contribution in [0.25, 0.3) is 0 Å². The number of thioether (sulfide) groups is 1. The van der Waals surface area contributed by atoms with E-state index in [2.05, 4.69) is 0 Å². The Bertz CT molecular complexity index is 1060. The average molecular weight is 438 g/mol. The molecule has 0 bridgehead atoms. The fourth-order valence-corrected chi connectivity index (χ4v) is 3.71. The van der Waals surface area contributed by atoms with E-state index in [-0.39, 0.29) is 13.0 Å². The largest absolute Gasteiger partial charge is 0.468 e. The summed E-state index contributed by atoms with van der Waals surface area (Å²) in [6, 6.07) is 17.9. The zero-order chi connectivity index (χ0) is 22.1.